The van der Waals surface area contributed by atoms with Gasteiger partial charge in [-0.2, -0.15) is 0 Å². The molecule has 2 N–H and O–H groups in total. The molecule has 6 heteroatoms. The predicted octanol–water partition coefficient (Wildman–Crippen LogP) is 10.6. The fourth-order valence-electron chi connectivity index (χ4n) is 5.62. The van der Waals surface area contributed by atoms with Crippen LogP contribution < -0.4 is 10.6 Å². The Morgan fingerprint density at radius 2 is 0.810 bits per heavy atom. The van der Waals surface area contributed by atoms with Crippen LogP contribution in [0.3, 0.4) is 0 Å². The van der Waals surface area contributed by atoms with Crippen LogP contribution in [-0.4, -0.2) is 49.1 Å². The van der Waals surface area contributed by atoms with Gasteiger partial charge in [-0.05, 0) is 50.0 Å². The van der Waals surface area contributed by atoms with Crippen molar-refractivity contribution in [2.75, 3.05) is 39.3 Å². The Morgan fingerprint density at radius 3 is 1.14 bits per heavy atom. The summed E-state index contributed by atoms with van der Waals surface area (Å²) >= 11 is 0. The minimum absolute atomic E-state index is 0. The number of hydrogen-bond acceptors (Lipinski definition) is 4. The van der Waals surface area contributed by atoms with Crippen LogP contribution in [0, 0.1) is 0 Å². The van der Waals surface area contributed by atoms with Crippen molar-refractivity contribution < 1.29 is 0 Å². The molecule has 0 bridgehead atoms. The van der Waals surface area contributed by atoms with Crippen molar-refractivity contribution in [1.29, 1.82) is 0 Å². The molecule has 2 rings (SSSR count). The monoisotopic (exact) mass is 714 g/mol. The van der Waals surface area contributed by atoms with E-state index in [0.29, 0.717) is 0 Å². The van der Waals surface area contributed by atoms with E-state index in [2.05, 4.69) is 71.0 Å². The highest BCUT2D eigenvalue weighted by Crippen LogP contribution is 2.12. The van der Waals surface area contributed by atoms with Gasteiger partial charge < -0.3 is 20.4 Å². The topological polar surface area (TPSA) is 30.5 Å². The van der Waals surface area contributed by atoms with Crippen molar-refractivity contribution in [2.45, 2.75) is 142 Å². The van der Waals surface area contributed by atoms with Crippen LogP contribution in [0.25, 0.3) is 0 Å². The maximum atomic E-state index is 3.62. The fourth-order valence-corrected chi connectivity index (χ4v) is 5.62. The number of halogens is 2. The Bertz CT molecular complexity index is 659. The quantitative estimate of drug-likeness (QED) is 0.0829. The van der Waals surface area contributed by atoms with Gasteiger partial charge >= 0.3 is 0 Å². The first-order valence-electron chi connectivity index (χ1n) is 17.5. The van der Waals surface area contributed by atoms with Gasteiger partial charge in [-0.25, -0.2) is 0 Å². The number of nitrogens with one attached hydrogen (secondary N) is 2. The van der Waals surface area contributed by atoms with Crippen LogP contribution in [0.2, 0.25) is 0 Å². The largest absolute Gasteiger partial charge is 0.385 e. The van der Waals surface area contributed by atoms with E-state index in [1.54, 1.807) is 0 Å². The van der Waals surface area contributed by atoms with E-state index in [9.17, 15) is 0 Å². The lowest BCUT2D eigenvalue weighted by atomic mass is 10.1. The van der Waals surface area contributed by atoms with E-state index in [1.165, 1.54) is 153 Å². The van der Waals surface area contributed by atoms with E-state index in [-0.39, 0.29) is 34.0 Å². The van der Waals surface area contributed by atoms with Crippen molar-refractivity contribution in [1.82, 2.24) is 20.4 Å². The predicted molar refractivity (Wildman–Crippen MR) is 198 cm³/mol. The Balaban J connectivity index is 0.00000840. The van der Waals surface area contributed by atoms with Crippen molar-refractivity contribution >= 4 is 34.0 Å². The molecule has 42 heavy (non-hydrogen) atoms. The second kappa shape index (κ2) is 30.2. The number of allylic oxidation sites excluding steroid dienone is 2. The first-order chi connectivity index (χ1) is 19.8. The SMILES string of the molecule is Br.Br.CCCCCCCCCNC1=CCN(CCCCCCCCN2C=CC(NCCCCCCCCC)=CC2)C=C1. The number of hydrogen-bond donors (Lipinski definition) is 2. The number of rotatable bonds is 27. The smallest absolute Gasteiger partial charge is 0.0376 e. The van der Waals surface area contributed by atoms with E-state index >= 15 is 0 Å². The molecule has 0 amide bonds. The zero-order valence-electron chi connectivity index (χ0n) is 27.6. The fraction of sp³-hybridized carbons (Fsp3) is 0.778. The molecule has 0 fully saturated rings. The molecule has 4 nitrogen and oxygen atoms in total. The summed E-state index contributed by atoms with van der Waals surface area (Å²) in [4.78, 5) is 4.93. The Kier molecular flexibility index (Phi) is 29.5. The number of unbranched alkanes of at least 4 members (excludes halogenated alkanes) is 17. The summed E-state index contributed by atoms with van der Waals surface area (Å²) in [6.45, 7) is 11.3. The van der Waals surface area contributed by atoms with Crippen molar-refractivity contribution in [3.8, 4) is 0 Å². The summed E-state index contributed by atoms with van der Waals surface area (Å²) in [5.74, 6) is 0. The lowest BCUT2D eigenvalue weighted by molar-refractivity contribution is 0.379. The standard InChI is InChI=1S/C36H66N4.2BrH/c1-3-5-7-9-11-15-19-27-37-35-23-31-39(32-24-35)29-21-17-13-14-18-22-30-40-33-25-36(26-34-40)38-28-20-16-12-10-8-6-4-2;;/h23-26,31,33,37-38H,3-22,27-30,32,34H2,1-2H3;2*1H. The molecule has 0 spiro atoms. The first-order valence-corrected chi connectivity index (χ1v) is 17.5. The Labute approximate surface area is 282 Å². The summed E-state index contributed by atoms with van der Waals surface area (Å²) in [7, 11) is 0. The third kappa shape index (κ3) is 22.6. The van der Waals surface area contributed by atoms with E-state index in [0.717, 1.165) is 26.2 Å². The molecule has 0 aliphatic carbocycles. The molecule has 246 valence electrons. The molecular formula is C36H68Br2N4. The molecular weight excluding hydrogens is 648 g/mol. The van der Waals surface area contributed by atoms with Crippen molar-refractivity contribution in [3.05, 3.63) is 48.1 Å². The average Bonchev–Trinajstić information content (AvgIpc) is 2.98. The van der Waals surface area contributed by atoms with Gasteiger partial charge in [0.05, 0.1) is 0 Å². The molecule has 0 saturated carbocycles. The second-order valence-corrected chi connectivity index (χ2v) is 12.2. The third-order valence-electron chi connectivity index (χ3n) is 8.38. The van der Waals surface area contributed by atoms with Crippen LogP contribution in [0.15, 0.2) is 48.1 Å². The minimum Gasteiger partial charge on any atom is -0.385 e. The van der Waals surface area contributed by atoms with Crippen LogP contribution in [0.4, 0.5) is 0 Å². The molecule has 0 aromatic heterocycles. The normalized spacial score (nSPS) is 14.2. The van der Waals surface area contributed by atoms with E-state index < -0.39 is 0 Å². The van der Waals surface area contributed by atoms with Crippen LogP contribution in [-0.2, 0) is 0 Å². The summed E-state index contributed by atoms with van der Waals surface area (Å²) < 4.78 is 0. The Morgan fingerprint density at radius 1 is 0.476 bits per heavy atom. The highest BCUT2D eigenvalue weighted by atomic mass is 79.9. The van der Waals surface area contributed by atoms with Crippen molar-refractivity contribution in [3.63, 3.8) is 0 Å². The van der Waals surface area contributed by atoms with Crippen LogP contribution in [0.1, 0.15) is 142 Å². The average molecular weight is 717 g/mol. The van der Waals surface area contributed by atoms with Gasteiger partial charge in [-0.3, -0.25) is 0 Å². The molecule has 0 radical (unpaired) electrons. The molecule has 2 aliphatic rings. The summed E-state index contributed by atoms with van der Waals surface area (Å²) in [5, 5.41) is 7.24. The van der Waals surface area contributed by atoms with Gasteiger partial charge in [0.15, 0.2) is 0 Å². The molecule has 0 atom stereocenters. The summed E-state index contributed by atoms with van der Waals surface area (Å²) in [6.07, 6.45) is 41.2. The molecule has 0 saturated heterocycles. The molecule has 2 heterocycles. The number of nitrogens with zero attached hydrogens (tertiary/aromatic N) is 2. The van der Waals surface area contributed by atoms with Crippen LogP contribution >= 0.6 is 34.0 Å². The third-order valence-corrected chi connectivity index (χ3v) is 8.38. The zero-order chi connectivity index (χ0) is 28.4. The van der Waals surface area contributed by atoms with Gasteiger partial charge in [0.2, 0.25) is 0 Å². The maximum Gasteiger partial charge on any atom is 0.0376 e. The van der Waals surface area contributed by atoms with Gasteiger partial charge in [0.1, 0.15) is 0 Å². The molecule has 0 aromatic rings. The second-order valence-electron chi connectivity index (χ2n) is 12.2. The van der Waals surface area contributed by atoms with Gasteiger partial charge in [0.25, 0.3) is 0 Å². The Hall–Kier alpha value is -0.880. The lowest BCUT2D eigenvalue weighted by Crippen LogP contribution is -2.25. The summed E-state index contributed by atoms with van der Waals surface area (Å²) in [6, 6.07) is 0. The van der Waals surface area contributed by atoms with E-state index in [1.807, 2.05) is 0 Å². The van der Waals surface area contributed by atoms with Gasteiger partial charge in [-0.15, -0.1) is 34.0 Å². The molecule has 2 aliphatic heterocycles. The lowest BCUT2D eigenvalue weighted by Gasteiger charge is -2.23. The van der Waals surface area contributed by atoms with E-state index in [4.69, 9.17) is 0 Å². The summed E-state index contributed by atoms with van der Waals surface area (Å²) in [5.41, 5.74) is 2.63. The van der Waals surface area contributed by atoms with Crippen molar-refractivity contribution in [2.24, 2.45) is 0 Å². The maximum absolute atomic E-state index is 3.62. The molecule has 0 unspecified atom stereocenters. The first kappa shape index (κ1) is 41.1. The van der Waals surface area contributed by atoms with Gasteiger partial charge in [-0.1, -0.05) is 117 Å². The van der Waals surface area contributed by atoms with Crippen LogP contribution in [0.5, 0.6) is 0 Å². The highest BCUT2D eigenvalue weighted by Gasteiger charge is 2.06. The molecule has 0 aromatic carbocycles. The van der Waals surface area contributed by atoms with Gasteiger partial charge in [0, 0.05) is 63.1 Å². The highest BCUT2D eigenvalue weighted by molar-refractivity contribution is 8.93. The zero-order valence-corrected chi connectivity index (χ0v) is 31.0. The minimum atomic E-state index is 0.